The van der Waals surface area contributed by atoms with Gasteiger partial charge in [0.1, 0.15) is 5.82 Å². The van der Waals surface area contributed by atoms with Crippen molar-refractivity contribution in [1.29, 1.82) is 0 Å². The molecule has 3 unspecified atom stereocenters. The van der Waals surface area contributed by atoms with Gasteiger partial charge in [-0.25, -0.2) is 4.39 Å². The number of aliphatic imine (C=N–C) groups is 1. The summed E-state index contributed by atoms with van der Waals surface area (Å²) in [4.78, 5) is 4.40. The van der Waals surface area contributed by atoms with Gasteiger partial charge >= 0.3 is 0 Å². The van der Waals surface area contributed by atoms with Crippen molar-refractivity contribution in [3.8, 4) is 0 Å². The molecule has 27 heavy (non-hydrogen) atoms. The lowest BCUT2D eigenvalue weighted by atomic mass is 9.55. The number of thioether (sulfide) groups is 1. The van der Waals surface area contributed by atoms with Crippen molar-refractivity contribution in [2.45, 2.75) is 51.1 Å². The number of hydrogen-bond donors (Lipinski definition) is 2. The molecule has 2 N–H and O–H groups in total. The van der Waals surface area contributed by atoms with Gasteiger partial charge in [0, 0.05) is 43.3 Å². The summed E-state index contributed by atoms with van der Waals surface area (Å²) in [5, 5.41) is 7.01. The Kier molecular flexibility index (Phi) is 8.24. The van der Waals surface area contributed by atoms with Crippen molar-refractivity contribution >= 4 is 41.7 Å². The monoisotopic (exact) mass is 507 g/mol. The van der Waals surface area contributed by atoms with Crippen LogP contribution in [-0.2, 0) is 17.0 Å². The summed E-state index contributed by atoms with van der Waals surface area (Å²) in [5.74, 6) is 1.97. The second-order valence-corrected chi connectivity index (χ2v) is 8.68. The van der Waals surface area contributed by atoms with Gasteiger partial charge < -0.3 is 15.4 Å². The number of benzene rings is 1. The molecule has 3 atom stereocenters. The van der Waals surface area contributed by atoms with E-state index in [4.69, 9.17) is 4.74 Å². The summed E-state index contributed by atoms with van der Waals surface area (Å²) >= 11 is 1.70. The third kappa shape index (κ3) is 4.90. The van der Waals surface area contributed by atoms with E-state index in [-0.39, 0.29) is 35.2 Å². The topological polar surface area (TPSA) is 45.7 Å². The highest BCUT2D eigenvalue weighted by Gasteiger charge is 2.58. The van der Waals surface area contributed by atoms with Crippen LogP contribution in [0.1, 0.15) is 37.8 Å². The average Bonchev–Trinajstić information content (AvgIpc) is 2.63. The molecular formula is C20H31FIN3OS. The van der Waals surface area contributed by atoms with E-state index in [0.717, 1.165) is 35.9 Å². The minimum Gasteiger partial charge on any atom is -0.377 e. The zero-order chi connectivity index (χ0) is 18.7. The summed E-state index contributed by atoms with van der Waals surface area (Å²) in [6.45, 7) is 6.04. The number of guanidine groups is 1. The maximum atomic E-state index is 13.5. The highest BCUT2D eigenvalue weighted by Crippen LogP contribution is 2.51. The van der Waals surface area contributed by atoms with Crippen LogP contribution in [0.15, 0.2) is 23.2 Å². The number of nitrogens with one attached hydrogen (secondary N) is 2. The summed E-state index contributed by atoms with van der Waals surface area (Å²) in [7, 11) is 1.79. The smallest absolute Gasteiger partial charge is 0.191 e. The van der Waals surface area contributed by atoms with E-state index in [0.29, 0.717) is 24.6 Å². The van der Waals surface area contributed by atoms with Crippen LogP contribution in [0.3, 0.4) is 0 Å². The molecule has 2 aliphatic rings. The van der Waals surface area contributed by atoms with E-state index < -0.39 is 0 Å². The van der Waals surface area contributed by atoms with E-state index >= 15 is 0 Å². The minimum absolute atomic E-state index is 0. The first kappa shape index (κ1) is 22.7. The van der Waals surface area contributed by atoms with E-state index in [2.05, 4.69) is 29.5 Å². The molecule has 0 amide bonds. The first-order chi connectivity index (χ1) is 12.5. The Labute approximate surface area is 183 Å². The van der Waals surface area contributed by atoms with Crippen molar-refractivity contribution in [3.63, 3.8) is 0 Å². The van der Waals surface area contributed by atoms with Gasteiger partial charge in [-0.2, -0.15) is 11.8 Å². The third-order valence-corrected chi connectivity index (χ3v) is 6.36. The molecule has 1 aliphatic carbocycles. The molecule has 0 spiro atoms. The average molecular weight is 507 g/mol. The fraction of sp³-hybridized carbons (Fsp3) is 0.650. The molecule has 1 aromatic carbocycles. The van der Waals surface area contributed by atoms with Crippen molar-refractivity contribution < 1.29 is 9.13 Å². The SMILES string of the molecule is CN=C(NCc1ccc(F)cc1CSC)NC1C2CCCOC2C1(C)C.I. The predicted octanol–water partition coefficient (Wildman–Crippen LogP) is 4.18. The number of ether oxygens (including phenoxy) is 1. The van der Waals surface area contributed by atoms with Gasteiger partial charge in [-0.1, -0.05) is 19.9 Å². The van der Waals surface area contributed by atoms with Gasteiger partial charge in [0.25, 0.3) is 0 Å². The third-order valence-electron chi connectivity index (χ3n) is 5.76. The Bertz CT molecular complexity index is 671. The zero-order valence-corrected chi connectivity index (χ0v) is 19.7. The molecule has 1 heterocycles. The first-order valence-electron chi connectivity index (χ1n) is 9.32. The van der Waals surface area contributed by atoms with E-state index in [1.807, 2.05) is 12.3 Å². The fourth-order valence-corrected chi connectivity index (χ4v) is 4.97. The van der Waals surface area contributed by atoms with Crippen LogP contribution in [0.25, 0.3) is 0 Å². The summed E-state index contributed by atoms with van der Waals surface area (Å²) in [6.07, 6.45) is 4.72. The van der Waals surface area contributed by atoms with Gasteiger partial charge in [-0.05, 0) is 42.4 Å². The van der Waals surface area contributed by atoms with Gasteiger partial charge in [-0.15, -0.1) is 24.0 Å². The Balaban J connectivity index is 0.00000261. The summed E-state index contributed by atoms with van der Waals surface area (Å²) < 4.78 is 19.5. The fourth-order valence-electron chi connectivity index (χ4n) is 4.39. The van der Waals surface area contributed by atoms with E-state index in [1.54, 1.807) is 24.9 Å². The second kappa shape index (κ2) is 9.78. The van der Waals surface area contributed by atoms with Crippen LogP contribution in [0, 0.1) is 17.2 Å². The number of hydrogen-bond acceptors (Lipinski definition) is 3. The Morgan fingerprint density at radius 3 is 2.85 bits per heavy atom. The summed E-state index contributed by atoms with van der Waals surface area (Å²) in [5.41, 5.74) is 2.24. The maximum Gasteiger partial charge on any atom is 0.191 e. The molecule has 4 nitrogen and oxygen atoms in total. The van der Waals surface area contributed by atoms with Gasteiger partial charge in [0.05, 0.1) is 6.10 Å². The lowest BCUT2D eigenvalue weighted by molar-refractivity contribution is -0.188. The van der Waals surface area contributed by atoms with Crippen LogP contribution in [-0.4, -0.2) is 38.0 Å². The van der Waals surface area contributed by atoms with Crippen molar-refractivity contribution in [2.24, 2.45) is 16.3 Å². The standard InChI is InChI=1S/C20H30FN3OS.HI/c1-20(2)17(16-6-5-9-25-18(16)20)24-19(22-3)23-11-13-7-8-15(21)10-14(13)12-26-4;/h7-8,10,16-18H,5-6,9,11-12H2,1-4H3,(H2,22,23,24);1H. The molecule has 1 saturated carbocycles. The van der Waals surface area contributed by atoms with Gasteiger partial charge in [0.15, 0.2) is 5.96 Å². The number of halogens is 2. The molecule has 3 rings (SSSR count). The molecule has 7 heteroatoms. The summed E-state index contributed by atoms with van der Waals surface area (Å²) in [6, 6.07) is 5.37. The Morgan fingerprint density at radius 2 is 2.15 bits per heavy atom. The molecule has 152 valence electrons. The molecule has 1 saturated heterocycles. The van der Waals surface area contributed by atoms with Crippen molar-refractivity contribution in [3.05, 3.63) is 35.1 Å². The van der Waals surface area contributed by atoms with Crippen molar-refractivity contribution in [1.82, 2.24) is 10.6 Å². The molecule has 0 bridgehead atoms. The Hall–Kier alpha value is -0.540. The van der Waals surface area contributed by atoms with Crippen LogP contribution in [0.4, 0.5) is 4.39 Å². The maximum absolute atomic E-state index is 13.5. The predicted molar refractivity (Wildman–Crippen MR) is 122 cm³/mol. The van der Waals surface area contributed by atoms with Crippen LogP contribution < -0.4 is 10.6 Å². The van der Waals surface area contributed by atoms with Crippen molar-refractivity contribution in [2.75, 3.05) is 19.9 Å². The van der Waals surface area contributed by atoms with Crippen LogP contribution in [0.5, 0.6) is 0 Å². The lowest BCUT2D eigenvalue weighted by Gasteiger charge is -2.60. The molecule has 1 aliphatic heterocycles. The normalized spacial score (nSPS) is 26.4. The van der Waals surface area contributed by atoms with Crippen LogP contribution >= 0.6 is 35.7 Å². The van der Waals surface area contributed by atoms with Gasteiger partial charge in [0.2, 0.25) is 0 Å². The molecule has 0 radical (unpaired) electrons. The largest absolute Gasteiger partial charge is 0.377 e. The molecule has 2 fully saturated rings. The van der Waals surface area contributed by atoms with Gasteiger partial charge in [-0.3, -0.25) is 4.99 Å². The van der Waals surface area contributed by atoms with Crippen LogP contribution in [0.2, 0.25) is 0 Å². The van der Waals surface area contributed by atoms with E-state index in [1.165, 1.54) is 12.5 Å². The highest BCUT2D eigenvalue weighted by atomic mass is 127. The molecular weight excluding hydrogens is 476 g/mol. The number of nitrogens with zero attached hydrogens (tertiary/aromatic N) is 1. The number of rotatable bonds is 5. The Morgan fingerprint density at radius 1 is 1.37 bits per heavy atom. The minimum atomic E-state index is -0.181. The first-order valence-corrected chi connectivity index (χ1v) is 10.7. The zero-order valence-electron chi connectivity index (χ0n) is 16.5. The molecule has 1 aromatic rings. The molecule has 0 aromatic heterocycles. The second-order valence-electron chi connectivity index (χ2n) is 7.81. The quantitative estimate of drug-likeness (QED) is 0.357. The highest BCUT2D eigenvalue weighted by molar-refractivity contribution is 14.0. The van der Waals surface area contributed by atoms with E-state index in [9.17, 15) is 4.39 Å². The number of fused-ring (bicyclic) bond motifs is 1. The lowest BCUT2D eigenvalue weighted by Crippen LogP contribution is -2.71.